The maximum absolute atomic E-state index is 8.63. The van der Waals surface area contributed by atoms with Gasteiger partial charge in [-0.15, -0.1) is 0 Å². The van der Waals surface area contributed by atoms with Gasteiger partial charge < -0.3 is 8.40 Å². The van der Waals surface area contributed by atoms with Gasteiger partial charge in [0.2, 0.25) is 0 Å². The van der Waals surface area contributed by atoms with Crippen molar-refractivity contribution in [3.8, 4) is 11.1 Å². The summed E-state index contributed by atoms with van der Waals surface area (Å²) in [6.07, 6.45) is 0. The van der Waals surface area contributed by atoms with Gasteiger partial charge in [-0.2, -0.15) is 0 Å². The standard InChI is InChI=1S/C12H10.BrHO3/c1-3-7-11(8-4-1)12-9-5-2-6-10-12;2-1(3)4/h1-10H;2H. The van der Waals surface area contributed by atoms with Crippen molar-refractivity contribution in [1.82, 2.24) is 0 Å². The van der Waals surface area contributed by atoms with Crippen LogP contribution in [0.25, 0.3) is 11.1 Å². The second kappa shape index (κ2) is 7.14. The maximum atomic E-state index is 8.63. The third kappa shape index (κ3) is 5.04. The molecule has 0 aromatic heterocycles. The highest BCUT2D eigenvalue weighted by atomic mass is 80.0. The molecule has 0 spiro atoms. The molecule has 0 aliphatic rings. The molecule has 0 atom stereocenters. The first-order valence-electron chi connectivity index (χ1n) is 4.55. The lowest BCUT2D eigenvalue weighted by atomic mass is 10.1. The average Bonchev–Trinajstić information content (AvgIpc) is 2.31. The summed E-state index contributed by atoms with van der Waals surface area (Å²) in [5, 5.41) is 0. The molecule has 0 saturated heterocycles. The minimum Gasteiger partial charge on any atom is -0.372 e. The Balaban J connectivity index is 0.000000280. The minimum atomic E-state index is -3.40. The molecular formula is C12H11BrO3. The highest BCUT2D eigenvalue weighted by molar-refractivity contribution is 5.62. The zero-order valence-corrected chi connectivity index (χ0v) is 10.0. The van der Waals surface area contributed by atoms with Crippen LogP contribution in [0.4, 0.5) is 0 Å². The van der Waals surface area contributed by atoms with Gasteiger partial charge in [0.05, 0.1) is 0 Å². The van der Waals surface area contributed by atoms with E-state index in [1.807, 2.05) is 12.1 Å². The second-order valence-corrected chi connectivity index (χ2v) is 3.78. The molecule has 1 N–H and O–H groups in total. The molecule has 0 bridgehead atoms. The van der Waals surface area contributed by atoms with Crippen molar-refractivity contribution >= 4 is 0 Å². The zero-order chi connectivity index (χ0) is 11.8. The van der Waals surface area contributed by atoms with E-state index in [0.717, 1.165) is 0 Å². The van der Waals surface area contributed by atoms with E-state index in [-0.39, 0.29) is 0 Å². The van der Waals surface area contributed by atoms with Crippen LogP contribution in [-0.4, -0.2) is 4.20 Å². The summed E-state index contributed by atoms with van der Waals surface area (Å²) >= 11 is -3.40. The zero-order valence-electron chi connectivity index (χ0n) is 8.42. The van der Waals surface area contributed by atoms with Crippen LogP contribution < -0.4 is 8.40 Å². The summed E-state index contributed by atoms with van der Waals surface area (Å²) in [4.78, 5) is 0. The molecule has 0 aliphatic carbocycles. The summed E-state index contributed by atoms with van der Waals surface area (Å²) in [6, 6.07) is 20.8. The molecule has 0 unspecified atom stereocenters. The molecular weight excluding hydrogens is 272 g/mol. The summed E-state index contributed by atoms with van der Waals surface area (Å²) in [5.41, 5.74) is 2.55. The van der Waals surface area contributed by atoms with Crippen molar-refractivity contribution in [2.45, 2.75) is 0 Å². The predicted octanol–water partition coefficient (Wildman–Crippen LogP) is 0.419. The van der Waals surface area contributed by atoms with Crippen molar-refractivity contribution in [1.29, 1.82) is 0 Å². The monoisotopic (exact) mass is 282 g/mol. The normalized spacial score (nSPS) is 9.50. The molecule has 2 aromatic carbocycles. The third-order valence-corrected chi connectivity index (χ3v) is 1.88. The Labute approximate surface area is 99.4 Å². The van der Waals surface area contributed by atoms with Crippen molar-refractivity contribution in [2.75, 3.05) is 0 Å². The molecule has 3 nitrogen and oxygen atoms in total. The van der Waals surface area contributed by atoms with Gasteiger partial charge in [-0.1, -0.05) is 60.7 Å². The van der Waals surface area contributed by atoms with Crippen molar-refractivity contribution in [3.05, 3.63) is 60.7 Å². The SMILES string of the molecule is [O-][Br+2]([O-])O.c1ccc(-c2ccccc2)cc1. The Morgan fingerprint density at radius 1 is 0.688 bits per heavy atom. The highest BCUT2D eigenvalue weighted by Crippen LogP contribution is 2.17. The quantitative estimate of drug-likeness (QED) is 0.824. The van der Waals surface area contributed by atoms with Crippen molar-refractivity contribution in [3.63, 3.8) is 0 Å². The van der Waals surface area contributed by atoms with Crippen LogP contribution in [0, 0.1) is 14.8 Å². The lowest BCUT2D eigenvalue weighted by Gasteiger charge is -1.98. The van der Waals surface area contributed by atoms with E-state index in [0.29, 0.717) is 0 Å². The Hall–Kier alpha value is -1.20. The van der Waals surface area contributed by atoms with Crippen LogP contribution >= 0.6 is 0 Å². The molecule has 0 radical (unpaired) electrons. The van der Waals surface area contributed by atoms with E-state index in [4.69, 9.17) is 12.6 Å². The smallest absolute Gasteiger partial charge is 0.372 e. The number of hydrogen-bond donors (Lipinski definition) is 1. The lowest BCUT2D eigenvalue weighted by Crippen LogP contribution is -2.30. The molecule has 0 heterocycles. The lowest BCUT2D eigenvalue weighted by molar-refractivity contribution is -1.63. The molecule has 4 heteroatoms. The topological polar surface area (TPSA) is 66.3 Å². The van der Waals surface area contributed by atoms with E-state index in [9.17, 15) is 0 Å². The fourth-order valence-corrected chi connectivity index (χ4v) is 1.26. The number of hydrogen-bond acceptors (Lipinski definition) is 3. The third-order valence-electron chi connectivity index (χ3n) is 1.88. The van der Waals surface area contributed by atoms with Gasteiger partial charge in [-0.3, -0.25) is 0 Å². The van der Waals surface area contributed by atoms with Crippen molar-refractivity contribution in [2.24, 2.45) is 0 Å². The fourth-order valence-electron chi connectivity index (χ4n) is 1.26. The summed E-state index contributed by atoms with van der Waals surface area (Å²) in [5.74, 6) is 0. The molecule has 2 aromatic rings. The Kier molecular flexibility index (Phi) is 5.74. The van der Waals surface area contributed by atoms with E-state index in [2.05, 4.69) is 48.5 Å². The van der Waals surface area contributed by atoms with Gasteiger partial charge >= 0.3 is 14.8 Å². The molecule has 84 valence electrons. The number of benzene rings is 2. The van der Waals surface area contributed by atoms with Crippen LogP contribution in [-0.2, 0) is 0 Å². The van der Waals surface area contributed by atoms with E-state index in [1.165, 1.54) is 11.1 Å². The van der Waals surface area contributed by atoms with E-state index in [1.54, 1.807) is 0 Å². The van der Waals surface area contributed by atoms with Crippen LogP contribution in [0.15, 0.2) is 60.7 Å². The van der Waals surface area contributed by atoms with Gasteiger partial charge in [-0.25, -0.2) is 0 Å². The van der Waals surface area contributed by atoms with Crippen LogP contribution in [0.1, 0.15) is 0 Å². The first-order valence-corrected chi connectivity index (χ1v) is 6.55. The molecule has 0 amide bonds. The first-order chi connectivity index (χ1) is 7.70. The highest BCUT2D eigenvalue weighted by Gasteiger charge is 1.91. The summed E-state index contributed by atoms with van der Waals surface area (Å²) in [6.45, 7) is 0. The van der Waals surface area contributed by atoms with Gasteiger partial charge in [0.15, 0.2) is 0 Å². The minimum absolute atomic E-state index is 1.28. The van der Waals surface area contributed by atoms with E-state index >= 15 is 0 Å². The van der Waals surface area contributed by atoms with Crippen LogP contribution in [0.2, 0.25) is 0 Å². The van der Waals surface area contributed by atoms with Gasteiger partial charge in [0, 0.05) is 0 Å². The van der Waals surface area contributed by atoms with Gasteiger partial charge in [0.1, 0.15) is 0 Å². The Morgan fingerprint density at radius 2 is 0.938 bits per heavy atom. The summed E-state index contributed by atoms with van der Waals surface area (Å²) < 4.78 is 24.3. The van der Waals surface area contributed by atoms with Crippen LogP contribution in [0.3, 0.4) is 0 Å². The number of rotatable bonds is 1. The molecule has 2 rings (SSSR count). The predicted molar refractivity (Wildman–Crippen MR) is 54.1 cm³/mol. The van der Waals surface area contributed by atoms with Gasteiger partial charge in [0.25, 0.3) is 0 Å². The van der Waals surface area contributed by atoms with Gasteiger partial charge in [-0.05, 0) is 15.3 Å². The molecule has 16 heavy (non-hydrogen) atoms. The first kappa shape index (κ1) is 12.9. The Morgan fingerprint density at radius 3 is 1.19 bits per heavy atom. The average molecular weight is 283 g/mol. The van der Waals surface area contributed by atoms with Crippen LogP contribution in [0.5, 0.6) is 0 Å². The molecule has 0 fully saturated rings. The largest absolute Gasteiger partial charge is 0.433 e. The summed E-state index contributed by atoms with van der Waals surface area (Å²) in [7, 11) is 0. The number of halogens is 1. The molecule has 0 aliphatic heterocycles. The molecule has 0 saturated carbocycles. The fraction of sp³-hybridized carbons (Fsp3) is 0. The maximum Gasteiger partial charge on any atom is 0.433 e. The van der Waals surface area contributed by atoms with E-state index < -0.39 is 14.8 Å². The second-order valence-electron chi connectivity index (χ2n) is 2.93. The van der Waals surface area contributed by atoms with Crippen molar-refractivity contribution < 1.29 is 27.4 Å². The Bertz CT molecular complexity index is 349.